The Morgan fingerprint density at radius 2 is 2.11 bits per heavy atom. The second-order valence-electron chi connectivity index (χ2n) is 5.88. The highest BCUT2D eigenvalue weighted by Crippen LogP contribution is 2.39. The number of thiocarbonyl (C=S) groups is 1. The quantitative estimate of drug-likeness (QED) is 0.366. The van der Waals surface area contributed by atoms with E-state index in [1.165, 1.54) is 11.8 Å². The minimum atomic E-state index is -0.0751. The number of carbonyl (C=O) groups is 1. The lowest BCUT2D eigenvalue weighted by Gasteiger charge is -2.14. The molecule has 0 saturated carbocycles. The molecular formula is C20H17BrClNO3S2. The molecule has 0 aliphatic carbocycles. The van der Waals surface area contributed by atoms with Gasteiger partial charge >= 0.3 is 0 Å². The predicted molar refractivity (Wildman–Crippen MR) is 122 cm³/mol. The van der Waals surface area contributed by atoms with Crippen molar-refractivity contribution in [2.24, 2.45) is 0 Å². The van der Waals surface area contributed by atoms with Crippen LogP contribution in [0.5, 0.6) is 11.5 Å². The zero-order valence-corrected chi connectivity index (χ0v) is 19.2. The van der Waals surface area contributed by atoms with Gasteiger partial charge in [0, 0.05) is 11.6 Å². The number of nitrogens with zero attached hydrogens (tertiary/aromatic N) is 1. The summed E-state index contributed by atoms with van der Waals surface area (Å²) < 4.78 is 12.7. The molecule has 0 radical (unpaired) electrons. The van der Waals surface area contributed by atoms with Crippen LogP contribution in [0.15, 0.2) is 45.8 Å². The van der Waals surface area contributed by atoms with Crippen LogP contribution in [0, 0.1) is 0 Å². The van der Waals surface area contributed by atoms with Crippen molar-refractivity contribution in [1.29, 1.82) is 0 Å². The maximum absolute atomic E-state index is 12.4. The molecular weight excluding hydrogens is 482 g/mol. The van der Waals surface area contributed by atoms with Gasteiger partial charge in [-0.15, -0.1) is 0 Å². The molecule has 1 aliphatic rings. The normalized spacial score (nSPS) is 15.4. The standard InChI is InChI=1S/C20H17BrClNO3S2/c1-3-23-19(24)17(28-20(23)27)10-13-8-15(21)18(16(9-13)25-2)26-11-12-5-4-6-14(22)7-12/h4-10H,3,11H2,1-2H3/b17-10-. The highest BCUT2D eigenvalue weighted by Gasteiger charge is 2.30. The molecule has 0 atom stereocenters. The number of rotatable bonds is 6. The monoisotopic (exact) mass is 497 g/mol. The van der Waals surface area contributed by atoms with Crippen molar-refractivity contribution >= 4 is 67.8 Å². The molecule has 1 heterocycles. The Kier molecular flexibility index (Phi) is 7.04. The Bertz CT molecular complexity index is 964. The van der Waals surface area contributed by atoms with Gasteiger partial charge in [-0.2, -0.15) is 0 Å². The third-order valence-electron chi connectivity index (χ3n) is 4.01. The van der Waals surface area contributed by atoms with E-state index in [0.29, 0.717) is 38.9 Å². The average molecular weight is 499 g/mol. The summed E-state index contributed by atoms with van der Waals surface area (Å²) in [6.07, 6.45) is 1.81. The van der Waals surface area contributed by atoms with Gasteiger partial charge < -0.3 is 9.47 Å². The molecule has 1 amide bonds. The van der Waals surface area contributed by atoms with Gasteiger partial charge in [0.25, 0.3) is 5.91 Å². The highest BCUT2D eigenvalue weighted by atomic mass is 79.9. The third-order valence-corrected chi connectivity index (χ3v) is 6.21. The molecule has 0 aromatic heterocycles. The fraction of sp³-hybridized carbons (Fsp3) is 0.200. The SMILES string of the molecule is CCN1C(=O)/C(=C/c2cc(Br)c(OCc3cccc(Cl)c3)c(OC)c2)SC1=S. The van der Waals surface area contributed by atoms with Crippen LogP contribution in [0.25, 0.3) is 6.08 Å². The van der Waals surface area contributed by atoms with Crippen LogP contribution < -0.4 is 9.47 Å². The number of benzene rings is 2. The largest absolute Gasteiger partial charge is 0.493 e. The number of halogens is 2. The Balaban J connectivity index is 1.85. The third kappa shape index (κ3) is 4.71. The summed E-state index contributed by atoms with van der Waals surface area (Å²) in [4.78, 5) is 14.6. The predicted octanol–water partition coefficient (Wildman–Crippen LogP) is 5.91. The Hall–Kier alpha value is -1.54. The van der Waals surface area contributed by atoms with E-state index in [-0.39, 0.29) is 5.91 Å². The zero-order chi connectivity index (χ0) is 20.3. The second-order valence-corrected chi connectivity index (χ2v) is 8.85. The molecule has 2 aromatic rings. The lowest BCUT2D eigenvalue weighted by atomic mass is 10.1. The highest BCUT2D eigenvalue weighted by molar-refractivity contribution is 9.10. The van der Waals surface area contributed by atoms with Gasteiger partial charge in [0.1, 0.15) is 10.9 Å². The van der Waals surface area contributed by atoms with Crippen LogP contribution in [0.3, 0.4) is 0 Å². The van der Waals surface area contributed by atoms with Crippen LogP contribution >= 0.6 is 51.5 Å². The van der Waals surface area contributed by atoms with Gasteiger partial charge in [-0.1, -0.05) is 47.7 Å². The first-order chi connectivity index (χ1) is 13.4. The minimum Gasteiger partial charge on any atom is -0.493 e. The minimum absolute atomic E-state index is 0.0751. The van der Waals surface area contributed by atoms with Crippen molar-refractivity contribution in [1.82, 2.24) is 4.90 Å². The molecule has 4 nitrogen and oxygen atoms in total. The van der Waals surface area contributed by atoms with Crippen molar-refractivity contribution in [3.63, 3.8) is 0 Å². The molecule has 0 bridgehead atoms. The number of likely N-dealkylation sites (N-methyl/N-ethyl adjacent to an activating group) is 1. The average Bonchev–Trinajstić information content (AvgIpc) is 2.93. The van der Waals surface area contributed by atoms with Gasteiger partial charge in [0.2, 0.25) is 0 Å². The second kappa shape index (κ2) is 9.31. The van der Waals surface area contributed by atoms with Gasteiger partial charge in [-0.3, -0.25) is 9.69 Å². The number of carbonyl (C=O) groups excluding carboxylic acids is 1. The first-order valence-electron chi connectivity index (χ1n) is 8.43. The summed E-state index contributed by atoms with van der Waals surface area (Å²) in [7, 11) is 1.58. The van der Waals surface area contributed by atoms with Crippen LogP contribution in [0.2, 0.25) is 5.02 Å². The number of hydrogen-bond donors (Lipinski definition) is 0. The summed E-state index contributed by atoms with van der Waals surface area (Å²) in [5.74, 6) is 1.07. The molecule has 2 aromatic carbocycles. The number of ether oxygens (including phenoxy) is 2. The maximum atomic E-state index is 12.4. The van der Waals surface area contributed by atoms with Crippen LogP contribution in [-0.2, 0) is 11.4 Å². The van der Waals surface area contributed by atoms with E-state index in [9.17, 15) is 4.79 Å². The summed E-state index contributed by atoms with van der Waals surface area (Å²) in [6, 6.07) is 11.2. The Morgan fingerprint density at radius 1 is 1.32 bits per heavy atom. The number of methoxy groups -OCH3 is 1. The molecule has 3 rings (SSSR count). The molecule has 1 saturated heterocycles. The van der Waals surface area contributed by atoms with Crippen molar-refractivity contribution in [3.05, 3.63) is 61.9 Å². The van der Waals surface area contributed by atoms with Crippen LogP contribution in [-0.4, -0.2) is 28.8 Å². The molecule has 8 heteroatoms. The smallest absolute Gasteiger partial charge is 0.266 e. The summed E-state index contributed by atoms with van der Waals surface area (Å²) in [6.45, 7) is 2.81. The van der Waals surface area contributed by atoms with Gasteiger partial charge in [0.05, 0.1) is 16.5 Å². The van der Waals surface area contributed by atoms with E-state index in [0.717, 1.165) is 15.6 Å². The van der Waals surface area contributed by atoms with E-state index in [1.54, 1.807) is 12.0 Å². The molecule has 0 unspecified atom stereocenters. The van der Waals surface area contributed by atoms with Crippen molar-refractivity contribution in [2.45, 2.75) is 13.5 Å². The van der Waals surface area contributed by atoms with E-state index >= 15 is 0 Å². The van der Waals surface area contributed by atoms with E-state index < -0.39 is 0 Å². The fourth-order valence-corrected chi connectivity index (χ4v) is 4.84. The van der Waals surface area contributed by atoms with Crippen LogP contribution in [0.4, 0.5) is 0 Å². The van der Waals surface area contributed by atoms with Gasteiger partial charge in [-0.25, -0.2) is 0 Å². The first kappa shape index (κ1) is 21.2. The molecule has 28 heavy (non-hydrogen) atoms. The topological polar surface area (TPSA) is 38.8 Å². The molecule has 0 spiro atoms. The maximum Gasteiger partial charge on any atom is 0.266 e. The Morgan fingerprint density at radius 3 is 2.75 bits per heavy atom. The van der Waals surface area contributed by atoms with Crippen molar-refractivity contribution in [2.75, 3.05) is 13.7 Å². The van der Waals surface area contributed by atoms with Gasteiger partial charge in [0.15, 0.2) is 11.5 Å². The molecule has 1 aliphatic heterocycles. The molecule has 146 valence electrons. The molecule has 0 N–H and O–H groups in total. The number of hydrogen-bond acceptors (Lipinski definition) is 5. The van der Waals surface area contributed by atoms with Gasteiger partial charge in [-0.05, 0) is 64.3 Å². The summed E-state index contributed by atoms with van der Waals surface area (Å²) >= 11 is 16.1. The Labute approximate surface area is 187 Å². The van der Waals surface area contributed by atoms with E-state index in [4.69, 9.17) is 33.3 Å². The van der Waals surface area contributed by atoms with Crippen molar-refractivity contribution in [3.8, 4) is 11.5 Å². The lowest BCUT2D eigenvalue weighted by molar-refractivity contribution is -0.121. The first-order valence-corrected chi connectivity index (χ1v) is 10.8. The lowest BCUT2D eigenvalue weighted by Crippen LogP contribution is -2.27. The number of amides is 1. The fourth-order valence-electron chi connectivity index (χ4n) is 2.67. The zero-order valence-electron chi connectivity index (χ0n) is 15.2. The summed E-state index contributed by atoms with van der Waals surface area (Å²) in [5.41, 5.74) is 1.77. The summed E-state index contributed by atoms with van der Waals surface area (Å²) in [5, 5.41) is 0.659. The number of thioether (sulfide) groups is 1. The molecule has 1 fully saturated rings. The van der Waals surface area contributed by atoms with E-state index in [1.807, 2.05) is 49.4 Å². The van der Waals surface area contributed by atoms with E-state index in [2.05, 4.69) is 15.9 Å². The van der Waals surface area contributed by atoms with Crippen LogP contribution in [0.1, 0.15) is 18.1 Å². The van der Waals surface area contributed by atoms with Crippen molar-refractivity contribution < 1.29 is 14.3 Å².